The third-order valence-corrected chi connectivity index (χ3v) is 11.9. The molecule has 2 unspecified atom stereocenters. The predicted molar refractivity (Wildman–Crippen MR) is 179 cm³/mol. The van der Waals surface area contributed by atoms with Gasteiger partial charge in [-0.2, -0.15) is 13.2 Å². The average molecular weight is 731 g/mol. The summed E-state index contributed by atoms with van der Waals surface area (Å²) in [5.74, 6) is -3.90. The van der Waals surface area contributed by atoms with Gasteiger partial charge < -0.3 is 5.32 Å². The number of carbonyl (C=O) groups excluding carboxylic acids is 3. The minimum absolute atomic E-state index is 0.156. The number of hydrogen-bond donors (Lipinski definition) is 2. The number of alkyl halides is 3. The van der Waals surface area contributed by atoms with Crippen LogP contribution in [0.3, 0.4) is 0 Å². The molecule has 3 N–H and O–H groups in total. The van der Waals surface area contributed by atoms with Crippen molar-refractivity contribution in [3.05, 3.63) is 104 Å². The number of nitrogens with one attached hydrogen (secondary N) is 1. The van der Waals surface area contributed by atoms with E-state index in [2.05, 4.69) is 5.32 Å². The van der Waals surface area contributed by atoms with Crippen LogP contribution in [0.4, 0.5) is 24.5 Å². The third-order valence-electron chi connectivity index (χ3n) is 8.39. The van der Waals surface area contributed by atoms with Gasteiger partial charge in [-0.05, 0) is 59.0 Å². The highest BCUT2D eigenvalue weighted by molar-refractivity contribution is 8.00. The van der Waals surface area contributed by atoms with Crippen LogP contribution in [-0.2, 0) is 42.5 Å². The van der Waals surface area contributed by atoms with Crippen LogP contribution < -0.4 is 20.2 Å². The Labute approximate surface area is 287 Å². The Morgan fingerprint density at radius 3 is 2.16 bits per heavy atom. The van der Waals surface area contributed by atoms with Gasteiger partial charge in [0.05, 0.1) is 27.1 Å². The summed E-state index contributed by atoms with van der Waals surface area (Å²) in [4.78, 5) is 55.2. The lowest BCUT2D eigenvalue weighted by Gasteiger charge is -2.31. The summed E-state index contributed by atoms with van der Waals surface area (Å²) in [6.45, 7) is 5.63. The number of imide groups is 1. The van der Waals surface area contributed by atoms with Gasteiger partial charge in [-0.15, -0.1) is 0 Å². The second kappa shape index (κ2) is 12.3. The molecular weight excluding hydrogens is 702 g/mol. The quantitative estimate of drug-likeness (QED) is 0.256. The molecule has 1 aromatic heterocycles. The zero-order chi connectivity index (χ0) is 35.6. The Balaban J connectivity index is 1.39. The van der Waals surface area contributed by atoms with Crippen molar-refractivity contribution in [2.75, 3.05) is 10.2 Å². The number of benzene rings is 3. The topological polar surface area (TPSA) is 149 Å². The molecule has 1 fully saturated rings. The summed E-state index contributed by atoms with van der Waals surface area (Å²) in [6, 6.07) is 16.6. The second-order valence-corrected chi connectivity index (χ2v) is 16.4. The van der Waals surface area contributed by atoms with Gasteiger partial charge in [-0.1, -0.05) is 74.2 Å². The first-order valence-corrected chi connectivity index (χ1v) is 18.1. The average Bonchev–Trinajstić information content (AvgIpc) is 3.46. The second-order valence-electron chi connectivity index (χ2n) is 12.7. The number of thiazole rings is 1. The molecule has 10 nitrogen and oxygen atoms in total. The number of halogens is 3. The van der Waals surface area contributed by atoms with Gasteiger partial charge >= 0.3 is 11.0 Å². The number of aromatic nitrogens is 1. The van der Waals surface area contributed by atoms with Gasteiger partial charge in [0.25, 0.3) is 0 Å². The van der Waals surface area contributed by atoms with Crippen LogP contribution in [0.25, 0.3) is 0 Å². The lowest BCUT2D eigenvalue weighted by molar-refractivity contribution is -0.137. The summed E-state index contributed by atoms with van der Waals surface area (Å²) in [5.41, 5.74) is 0.443. The monoisotopic (exact) mass is 730 g/mol. The Hall–Kier alpha value is -4.25. The van der Waals surface area contributed by atoms with E-state index in [1.54, 1.807) is 0 Å². The Morgan fingerprint density at radius 1 is 0.918 bits per heavy atom. The van der Waals surface area contributed by atoms with Crippen molar-refractivity contribution in [1.82, 2.24) is 4.57 Å². The highest BCUT2D eigenvalue weighted by atomic mass is 32.2. The molecule has 3 aromatic carbocycles. The van der Waals surface area contributed by atoms with Gasteiger partial charge in [0, 0.05) is 16.5 Å². The molecule has 1 saturated heterocycles. The minimum atomic E-state index is -4.70. The number of thioether (sulfide) groups is 1. The van der Waals surface area contributed by atoms with E-state index in [9.17, 15) is 40.8 Å². The normalized spacial score (nSPS) is 19.5. The molecule has 0 saturated carbocycles. The number of fused-ring (bicyclic) bond motifs is 2. The maximum absolute atomic E-state index is 14.1. The van der Waals surface area contributed by atoms with E-state index in [-0.39, 0.29) is 21.7 Å². The predicted octanol–water partition coefficient (Wildman–Crippen LogP) is 5.31. The molecule has 2 aliphatic heterocycles. The van der Waals surface area contributed by atoms with Crippen molar-refractivity contribution in [3.8, 4) is 0 Å². The van der Waals surface area contributed by atoms with E-state index in [1.165, 1.54) is 34.9 Å². The molecule has 256 valence electrons. The van der Waals surface area contributed by atoms with Crippen LogP contribution in [0, 0.1) is 5.92 Å². The standard InChI is InChI=1S/C33H29F3N4O6S3/c1-32(2,3)18-9-7-17(8-10-18)24-25-26(29(43)40(28(25)42)21-6-4-5-19(15-21)33(34,35)36)47-30-27(24)48-31(44)39(30)16-23(41)38-20-11-13-22(14-12-20)49(37,45)46/h4-15,24-26H,16H2,1-3H3,(H,38,41)(H2,37,45,46)/t24-,25?,26?/m0/s1. The van der Waals surface area contributed by atoms with Crippen molar-refractivity contribution in [2.24, 2.45) is 11.1 Å². The van der Waals surface area contributed by atoms with E-state index in [0.29, 0.717) is 15.5 Å². The molecule has 16 heteroatoms. The number of carbonyl (C=O) groups is 3. The number of anilines is 2. The van der Waals surface area contributed by atoms with Crippen LogP contribution in [-0.4, -0.2) is 36.0 Å². The first-order chi connectivity index (χ1) is 22.8. The van der Waals surface area contributed by atoms with E-state index >= 15 is 0 Å². The zero-order valence-electron chi connectivity index (χ0n) is 26.1. The number of primary sulfonamides is 1. The van der Waals surface area contributed by atoms with Crippen LogP contribution in [0.2, 0.25) is 0 Å². The van der Waals surface area contributed by atoms with Crippen molar-refractivity contribution in [1.29, 1.82) is 0 Å². The maximum Gasteiger partial charge on any atom is 0.416 e. The number of nitrogens with two attached hydrogens (primary N) is 1. The first-order valence-electron chi connectivity index (χ1n) is 14.8. The fourth-order valence-corrected chi connectivity index (χ4v) is 9.24. The summed E-state index contributed by atoms with van der Waals surface area (Å²) < 4.78 is 65.1. The molecule has 0 spiro atoms. The summed E-state index contributed by atoms with van der Waals surface area (Å²) >= 11 is 1.77. The SMILES string of the molecule is CC(C)(C)c1ccc([C@@H]2c3sc(=O)n(CC(=O)Nc4ccc(S(N)(=O)=O)cc4)c3SC3C(=O)N(c4cccc(C(F)(F)F)c4)C(=O)C32)cc1. The van der Waals surface area contributed by atoms with E-state index in [0.717, 1.165) is 51.8 Å². The molecule has 4 aromatic rings. The van der Waals surface area contributed by atoms with Crippen LogP contribution in [0.5, 0.6) is 0 Å². The van der Waals surface area contributed by atoms with Crippen LogP contribution >= 0.6 is 23.1 Å². The zero-order valence-corrected chi connectivity index (χ0v) is 28.6. The molecular formula is C33H29F3N4O6S3. The van der Waals surface area contributed by atoms with Gasteiger partial charge in [0.1, 0.15) is 11.8 Å². The number of rotatable bonds is 6. The Kier molecular flexibility index (Phi) is 8.66. The van der Waals surface area contributed by atoms with E-state index in [4.69, 9.17) is 5.14 Å². The third kappa shape index (κ3) is 6.57. The number of sulfonamides is 1. The summed E-state index contributed by atoms with van der Waals surface area (Å²) in [6.07, 6.45) is -4.70. The number of nitrogens with zero attached hydrogens (tertiary/aromatic N) is 2. The summed E-state index contributed by atoms with van der Waals surface area (Å²) in [7, 11) is -3.95. The van der Waals surface area contributed by atoms with Crippen molar-refractivity contribution >= 4 is 62.2 Å². The first kappa shape index (κ1) is 34.6. The van der Waals surface area contributed by atoms with Crippen molar-refractivity contribution in [3.63, 3.8) is 0 Å². The van der Waals surface area contributed by atoms with Crippen LogP contribution in [0.1, 0.15) is 48.3 Å². The number of amides is 3. The van der Waals surface area contributed by atoms with Crippen molar-refractivity contribution in [2.45, 2.75) is 60.0 Å². The highest BCUT2D eigenvalue weighted by Crippen LogP contribution is 2.54. The minimum Gasteiger partial charge on any atom is -0.325 e. The van der Waals surface area contributed by atoms with Gasteiger partial charge in [0.15, 0.2) is 0 Å². The fraction of sp³-hybridized carbons (Fsp3) is 0.273. The smallest absolute Gasteiger partial charge is 0.325 e. The lowest BCUT2D eigenvalue weighted by Crippen LogP contribution is -2.33. The Bertz CT molecular complexity index is 2160. The maximum atomic E-state index is 14.1. The molecule has 0 bridgehead atoms. The fourth-order valence-electron chi connectivity index (χ4n) is 5.95. The van der Waals surface area contributed by atoms with E-state index in [1.807, 2.05) is 45.0 Å². The van der Waals surface area contributed by atoms with Gasteiger partial charge in [-0.25, -0.2) is 18.5 Å². The molecule has 49 heavy (non-hydrogen) atoms. The highest BCUT2D eigenvalue weighted by Gasteiger charge is 2.57. The largest absolute Gasteiger partial charge is 0.416 e. The van der Waals surface area contributed by atoms with Crippen molar-refractivity contribution < 1.29 is 36.0 Å². The molecule has 3 heterocycles. The lowest BCUT2D eigenvalue weighted by atomic mass is 9.81. The van der Waals surface area contributed by atoms with Gasteiger partial charge in [0.2, 0.25) is 27.7 Å². The van der Waals surface area contributed by atoms with E-state index < -0.39 is 68.0 Å². The van der Waals surface area contributed by atoms with Gasteiger partial charge in [-0.3, -0.25) is 23.7 Å². The van der Waals surface area contributed by atoms with Crippen LogP contribution in [0.15, 0.2) is 87.5 Å². The molecule has 0 radical (unpaired) electrons. The molecule has 0 aliphatic carbocycles. The molecule has 3 atom stereocenters. The summed E-state index contributed by atoms with van der Waals surface area (Å²) in [5, 5.41) is 6.93. The number of hydrogen-bond acceptors (Lipinski definition) is 8. The molecule has 2 aliphatic rings. The molecule has 6 rings (SSSR count). The molecule has 3 amide bonds. The Morgan fingerprint density at radius 2 is 1.57 bits per heavy atom.